The largest absolute Gasteiger partial charge is 2.00 e. The Balaban J connectivity index is 0.000000501. The number of halogens is 1. The van der Waals surface area contributed by atoms with E-state index < -0.39 is 19.1 Å². The Bertz CT molecular complexity index is 2340. The van der Waals surface area contributed by atoms with Crippen LogP contribution in [0.15, 0.2) is 71.3 Å². The van der Waals surface area contributed by atoms with Gasteiger partial charge in [-0.1, -0.05) is 195 Å². The van der Waals surface area contributed by atoms with Crippen molar-refractivity contribution in [3.8, 4) is 0 Å². The Morgan fingerprint density at radius 3 is 1.17 bits per heavy atom. The molecule has 8 fully saturated rings. The Morgan fingerprint density at radius 1 is 0.531 bits per heavy atom. The van der Waals surface area contributed by atoms with Gasteiger partial charge in [0.15, 0.2) is 0 Å². The van der Waals surface area contributed by atoms with E-state index in [0.717, 1.165) is 135 Å². The first-order chi connectivity index (χ1) is 44.1. The van der Waals surface area contributed by atoms with E-state index in [-0.39, 0.29) is 101 Å². The van der Waals surface area contributed by atoms with Crippen molar-refractivity contribution in [2.24, 2.45) is 92.7 Å². The number of carboxylic acid groups (broad SMARTS) is 2. The van der Waals surface area contributed by atoms with Crippen molar-refractivity contribution in [1.82, 2.24) is 0 Å². The van der Waals surface area contributed by atoms with Crippen LogP contribution in [0, 0.1) is 92.7 Å². The van der Waals surface area contributed by atoms with Gasteiger partial charge in [-0.15, -0.1) is 0 Å². The number of carbonyl (C=O) groups is 2. The van der Waals surface area contributed by atoms with Crippen LogP contribution >= 0.6 is 0 Å². The van der Waals surface area contributed by atoms with E-state index in [1.165, 1.54) is 153 Å². The molecule has 0 aromatic rings. The standard InChI is InChI=1S/2C33H52O4.2C6H12N2.CH3F.2H2O.2Pt/c2*1-22(2)8-6-9-23(3)28-13-14-29-27-12-11-24-20-26(37-19-7-10-25(34)21-31(35)36)15-17-32(24,4)30(27)16-18-33(28,29)5;2*7-5-3-1-2-4-6(5)8;1-2;;;;/h2*7,10-11,21-23,26-30,34H,6,8-9,12-20H2,1-5H3,(H,35,36);2*5-8H,1-4H2;1H3;2*1H2;;/q;;2*-2;;;;2*+2/b10-7+,25-21?;10-7+,25-21-;;;;;;;/t2*23-,26+,27?,28-,29?,30?,32+,33-;;;;;;;/m11......./s1/i;;;;1D;;;;. The molecular weight excluding hydrogens is 1570 g/mol. The molecule has 10 aliphatic rings. The maximum Gasteiger partial charge on any atom is 2.00 e. The molecule has 0 saturated heterocycles. The molecule has 558 valence electrons. The second kappa shape index (κ2) is 42.5. The molecule has 0 aromatic heterocycles. The topological polar surface area (TPSA) is 292 Å². The molecule has 14 nitrogen and oxygen atoms in total. The number of fused-ring (bicyclic) bond motifs is 10. The number of allylic oxidation sites excluding steroid dienone is 4. The van der Waals surface area contributed by atoms with Crippen molar-refractivity contribution < 1.29 is 98.3 Å². The number of ether oxygens (including phenoxy) is 2. The second-order valence-corrected chi connectivity index (χ2v) is 32.6. The third-order valence-corrected chi connectivity index (χ3v) is 26.0. The third kappa shape index (κ3) is 24.0. The van der Waals surface area contributed by atoms with Gasteiger partial charge in [-0.2, -0.15) is 24.2 Å². The molecule has 0 heterocycles. The Hall–Kier alpha value is -2.03. The summed E-state index contributed by atoms with van der Waals surface area (Å²) in [6.07, 6.45) is 50.8. The number of hydrogen-bond acceptors (Lipinski definition) is 6. The minimum atomic E-state index is -1.15. The number of aliphatic hydroxyl groups excluding tert-OH is 2. The first kappa shape index (κ1) is 88.2. The predicted octanol–water partition coefficient (Wildman–Crippen LogP) is 20.7. The van der Waals surface area contributed by atoms with E-state index in [9.17, 15) is 24.2 Å². The average molecular weight is 1710 g/mol. The van der Waals surface area contributed by atoms with Gasteiger partial charge < -0.3 is 63.8 Å². The summed E-state index contributed by atoms with van der Waals surface area (Å²) in [5, 5.41) is 36.5. The van der Waals surface area contributed by atoms with Crippen molar-refractivity contribution in [2.45, 2.75) is 298 Å². The fourth-order valence-corrected chi connectivity index (χ4v) is 20.9. The Kier molecular flexibility index (Phi) is 39.1. The number of alkyl halides is 1. The predicted molar refractivity (Wildman–Crippen MR) is 384 cm³/mol. The molecule has 0 bridgehead atoms. The van der Waals surface area contributed by atoms with E-state index in [1.807, 2.05) is 0 Å². The number of carboxylic acids is 2. The molecule has 0 aliphatic heterocycles. The fraction of sp³-hybridized carbons (Fsp3) is 0.823. The smallest absolute Gasteiger partial charge is 0.676 e. The molecule has 0 radical (unpaired) electrons. The molecule has 20 atom stereocenters. The van der Waals surface area contributed by atoms with Crippen molar-refractivity contribution >= 4 is 11.9 Å². The molecule has 12 N–H and O–H groups in total. The van der Waals surface area contributed by atoms with Crippen LogP contribution in [0.25, 0.3) is 22.9 Å². The summed E-state index contributed by atoms with van der Waals surface area (Å²) < 4.78 is 27.8. The molecule has 8 saturated carbocycles. The van der Waals surface area contributed by atoms with Gasteiger partial charge in [-0.3, -0.25) is 4.39 Å². The van der Waals surface area contributed by atoms with Crippen molar-refractivity contribution in [1.29, 1.82) is 0 Å². The zero-order valence-corrected chi connectivity index (χ0v) is 65.3. The maximum absolute atomic E-state index is 10.6. The summed E-state index contributed by atoms with van der Waals surface area (Å²) in [6.45, 7) is 25.8. The summed E-state index contributed by atoms with van der Waals surface area (Å²) >= 11 is 0. The van der Waals surface area contributed by atoms with Crippen molar-refractivity contribution in [3.05, 3.63) is 94.2 Å². The first-order valence-electron chi connectivity index (χ1n) is 37.7. The van der Waals surface area contributed by atoms with Gasteiger partial charge in [0.1, 0.15) is 11.5 Å². The van der Waals surface area contributed by atoms with E-state index in [2.05, 4.69) is 81.4 Å². The van der Waals surface area contributed by atoms with Crippen molar-refractivity contribution in [2.75, 3.05) is 20.4 Å². The van der Waals surface area contributed by atoms with Crippen LogP contribution in [0.2, 0.25) is 0 Å². The molecule has 10 rings (SSSR count). The molecule has 17 heteroatoms. The van der Waals surface area contributed by atoms with Crippen LogP contribution < -0.4 is 0 Å². The van der Waals surface area contributed by atoms with Gasteiger partial charge in [0, 0.05) is 0 Å². The third-order valence-electron chi connectivity index (χ3n) is 26.0. The van der Waals surface area contributed by atoms with Gasteiger partial charge in [-0.25, -0.2) is 9.59 Å². The normalized spacial score (nSPS) is 36.7. The summed E-state index contributed by atoms with van der Waals surface area (Å²) in [7, 11) is -1.00. The Morgan fingerprint density at radius 2 is 0.865 bits per heavy atom. The number of aliphatic hydroxyl groups is 2. The van der Waals surface area contributed by atoms with Crippen molar-refractivity contribution in [3.63, 3.8) is 0 Å². The minimum Gasteiger partial charge on any atom is -0.676 e. The fourth-order valence-electron chi connectivity index (χ4n) is 20.9. The maximum atomic E-state index is 10.6. The van der Waals surface area contributed by atoms with Crippen LogP contribution in [0.4, 0.5) is 4.39 Å². The number of aliphatic carboxylic acids is 2. The number of hydrogen-bond donors (Lipinski definition) is 4. The van der Waals surface area contributed by atoms with Gasteiger partial charge in [-0.05, 0) is 208 Å². The summed E-state index contributed by atoms with van der Waals surface area (Å²) in [5.41, 5.74) is 34.1. The Labute approximate surface area is 611 Å². The first-order valence-corrected chi connectivity index (χ1v) is 37.0. The van der Waals surface area contributed by atoms with Crippen LogP contribution in [0.1, 0.15) is 263 Å². The monoisotopic (exact) mass is 1710 g/mol. The molecule has 10 aliphatic carbocycles. The zero-order valence-electron chi connectivity index (χ0n) is 61.8. The summed E-state index contributed by atoms with van der Waals surface area (Å²) in [5.74, 6) is 7.51. The average Bonchev–Trinajstić information content (AvgIpc) is 1.72. The van der Waals surface area contributed by atoms with E-state index in [4.69, 9.17) is 44.0 Å². The SMILES string of the molecule is CC(C)CCC[C@@H](C)[C@H]1CCC2C3CC=C4C[C@@H](OC/C=C/C(O)=C/C(=O)O)CC[C@]4(C)C3CC[C@@]21C.CC(C)CCC[C@@H](C)[C@H]1CCC2C3CC=C4C[C@@H](OC/C=C/C(O)=CC(=O)O)CC[C@]4(C)C3CC[C@@]21C.O.O.[2H]CF.[NH-]C1CCCCC1[NH-].[NH-]C1CCCCC1[NH-].[Pt+2].[Pt+2]. The minimum absolute atomic E-state index is 0. The summed E-state index contributed by atoms with van der Waals surface area (Å²) in [6, 6.07) is -0.319. The molecular formula is C79H135FN4O10Pt2. The van der Waals surface area contributed by atoms with E-state index >= 15 is 0 Å². The van der Waals surface area contributed by atoms with Gasteiger partial charge in [0.05, 0.1) is 46.1 Å². The number of rotatable bonds is 20. The summed E-state index contributed by atoms with van der Waals surface area (Å²) in [4.78, 5) is 21.3. The van der Waals surface area contributed by atoms with Gasteiger partial charge in [0.25, 0.3) is 0 Å². The zero-order chi connectivity index (χ0) is 68.3. The van der Waals surface area contributed by atoms with Crippen LogP contribution in [0.3, 0.4) is 0 Å². The van der Waals surface area contributed by atoms with E-state index in [1.54, 1.807) is 23.3 Å². The van der Waals surface area contributed by atoms with Crippen LogP contribution in [-0.2, 0) is 61.2 Å². The quantitative estimate of drug-likeness (QED) is 0.0392. The van der Waals surface area contributed by atoms with Gasteiger partial charge in [0.2, 0.25) is 0 Å². The molecule has 0 amide bonds. The van der Waals surface area contributed by atoms with Crippen LogP contribution in [0.5, 0.6) is 0 Å². The van der Waals surface area contributed by atoms with Crippen LogP contribution in [-0.4, -0.2) is 100 Å². The van der Waals surface area contributed by atoms with Gasteiger partial charge >= 0.3 is 54.1 Å². The van der Waals surface area contributed by atoms with E-state index in [0.29, 0.717) is 34.9 Å². The number of nitrogens with one attached hydrogen (secondary N) is 4. The molecule has 0 spiro atoms. The molecule has 10 unspecified atom stereocenters. The second-order valence-electron chi connectivity index (χ2n) is 32.6. The molecule has 0 aromatic carbocycles. The molecule has 96 heavy (non-hydrogen) atoms.